The van der Waals surface area contributed by atoms with Gasteiger partial charge in [0.15, 0.2) is 0 Å². The first-order valence-corrected chi connectivity index (χ1v) is 9.73. The van der Waals surface area contributed by atoms with E-state index in [1.165, 1.54) is 12.5 Å². The molecule has 1 heterocycles. The minimum absolute atomic E-state index is 0.0520. The zero-order valence-electron chi connectivity index (χ0n) is 17.3. The summed E-state index contributed by atoms with van der Waals surface area (Å²) in [6, 6.07) is 14.9. The van der Waals surface area contributed by atoms with E-state index < -0.39 is 5.92 Å². The van der Waals surface area contributed by atoms with Crippen LogP contribution in [0.15, 0.2) is 48.5 Å². The first-order valence-electron chi connectivity index (χ1n) is 9.73. The molecule has 3 amide bonds. The minimum Gasteiger partial charge on any atom is -0.326 e. The third-order valence-corrected chi connectivity index (χ3v) is 5.01. The summed E-state index contributed by atoms with van der Waals surface area (Å²) in [7, 11) is 0. The highest BCUT2D eigenvalue weighted by atomic mass is 16.2. The zero-order chi connectivity index (χ0) is 21.2. The number of carbonyl (C=O) groups is 3. The van der Waals surface area contributed by atoms with E-state index in [0.717, 1.165) is 5.69 Å². The molecule has 6 heteroatoms. The molecule has 6 nitrogen and oxygen atoms in total. The second kappa shape index (κ2) is 8.07. The van der Waals surface area contributed by atoms with Crippen LogP contribution in [-0.4, -0.2) is 24.3 Å². The quantitative estimate of drug-likeness (QED) is 0.826. The Labute approximate surface area is 171 Å². The van der Waals surface area contributed by atoms with Gasteiger partial charge in [0.1, 0.15) is 0 Å². The molecule has 29 heavy (non-hydrogen) atoms. The van der Waals surface area contributed by atoms with Crippen molar-refractivity contribution in [1.29, 1.82) is 0 Å². The molecule has 1 atom stereocenters. The van der Waals surface area contributed by atoms with E-state index in [0.29, 0.717) is 17.9 Å². The lowest BCUT2D eigenvalue weighted by atomic mass is 9.87. The summed E-state index contributed by atoms with van der Waals surface area (Å²) < 4.78 is 0. The van der Waals surface area contributed by atoms with E-state index in [4.69, 9.17) is 0 Å². The highest BCUT2D eigenvalue weighted by molar-refractivity contribution is 6.03. The predicted molar refractivity (Wildman–Crippen MR) is 115 cm³/mol. The average Bonchev–Trinajstić information content (AvgIpc) is 3.03. The lowest BCUT2D eigenvalue weighted by Gasteiger charge is -2.19. The van der Waals surface area contributed by atoms with Crippen LogP contribution in [0.5, 0.6) is 0 Å². The Balaban J connectivity index is 1.63. The number of amides is 3. The van der Waals surface area contributed by atoms with Crippen molar-refractivity contribution in [2.24, 2.45) is 5.92 Å². The molecule has 0 spiro atoms. The van der Waals surface area contributed by atoms with Crippen molar-refractivity contribution >= 4 is 34.8 Å². The summed E-state index contributed by atoms with van der Waals surface area (Å²) in [6.45, 7) is 8.20. The summed E-state index contributed by atoms with van der Waals surface area (Å²) in [4.78, 5) is 37.8. The van der Waals surface area contributed by atoms with Gasteiger partial charge in [0.05, 0.1) is 5.92 Å². The van der Waals surface area contributed by atoms with Crippen LogP contribution in [0.2, 0.25) is 0 Å². The Morgan fingerprint density at radius 1 is 0.931 bits per heavy atom. The lowest BCUT2D eigenvalue weighted by Crippen LogP contribution is -2.28. The molecule has 0 saturated carbocycles. The number of anilines is 3. The van der Waals surface area contributed by atoms with Crippen LogP contribution < -0.4 is 15.5 Å². The molecule has 1 aliphatic heterocycles. The van der Waals surface area contributed by atoms with Crippen LogP contribution in [0, 0.1) is 5.92 Å². The predicted octanol–water partition coefficient (Wildman–Crippen LogP) is 3.93. The van der Waals surface area contributed by atoms with E-state index in [9.17, 15) is 14.4 Å². The topological polar surface area (TPSA) is 78.5 Å². The van der Waals surface area contributed by atoms with Gasteiger partial charge in [-0.05, 0) is 47.4 Å². The number of benzene rings is 2. The molecule has 1 saturated heterocycles. The van der Waals surface area contributed by atoms with Crippen LogP contribution in [-0.2, 0) is 19.8 Å². The SMILES string of the molecule is CC(=O)Nc1ccc(N2CC(C(=O)Nc3ccc(C(C)(C)C)cc3)CC2=O)cc1. The van der Waals surface area contributed by atoms with Crippen LogP contribution >= 0.6 is 0 Å². The van der Waals surface area contributed by atoms with Gasteiger partial charge < -0.3 is 15.5 Å². The minimum atomic E-state index is -0.403. The Morgan fingerprint density at radius 3 is 2.03 bits per heavy atom. The molecule has 3 rings (SSSR count). The summed E-state index contributed by atoms with van der Waals surface area (Å²) in [6.07, 6.45) is 0.180. The Bertz CT molecular complexity index is 912. The highest BCUT2D eigenvalue weighted by Gasteiger charge is 2.35. The second-order valence-electron chi connectivity index (χ2n) is 8.45. The maximum Gasteiger partial charge on any atom is 0.229 e. The van der Waals surface area contributed by atoms with E-state index in [1.54, 1.807) is 29.2 Å². The third-order valence-electron chi connectivity index (χ3n) is 5.01. The standard InChI is InChI=1S/C23H27N3O3/c1-15(27)24-18-9-11-20(12-10-18)26-14-16(13-21(26)28)22(29)25-19-7-5-17(6-8-19)23(2,3)4/h5-12,16H,13-14H2,1-4H3,(H,24,27)(H,25,29). The van der Waals surface area contributed by atoms with Gasteiger partial charge in [-0.3, -0.25) is 14.4 Å². The van der Waals surface area contributed by atoms with Gasteiger partial charge in [0.25, 0.3) is 0 Å². The first kappa shape index (κ1) is 20.6. The van der Waals surface area contributed by atoms with Crippen molar-refractivity contribution < 1.29 is 14.4 Å². The summed E-state index contributed by atoms with van der Waals surface area (Å²) in [5.74, 6) is -0.790. The molecule has 1 aliphatic rings. The van der Waals surface area contributed by atoms with Crippen molar-refractivity contribution in [3.8, 4) is 0 Å². The summed E-state index contributed by atoms with van der Waals surface area (Å²) >= 11 is 0. The normalized spacial score (nSPS) is 16.6. The fourth-order valence-corrected chi connectivity index (χ4v) is 3.36. The van der Waals surface area contributed by atoms with Gasteiger partial charge in [-0.1, -0.05) is 32.9 Å². The lowest BCUT2D eigenvalue weighted by molar-refractivity contribution is -0.122. The third kappa shape index (κ3) is 5.02. The Kier molecular flexibility index (Phi) is 5.73. The first-order chi connectivity index (χ1) is 13.6. The summed E-state index contributed by atoms with van der Waals surface area (Å²) in [5, 5.41) is 5.62. The van der Waals surface area contributed by atoms with Crippen LogP contribution in [0.1, 0.15) is 39.7 Å². The number of rotatable bonds is 4. The van der Waals surface area contributed by atoms with E-state index in [1.807, 2.05) is 24.3 Å². The Hall–Kier alpha value is -3.15. The van der Waals surface area contributed by atoms with Gasteiger partial charge in [-0.25, -0.2) is 0 Å². The van der Waals surface area contributed by atoms with Gasteiger partial charge in [-0.2, -0.15) is 0 Å². The smallest absolute Gasteiger partial charge is 0.229 e. The van der Waals surface area contributed by atoms with Crippen molar-refractivity contribution in [3.05, 3.63) is 54.1 Å². The van der Waals surface area contributed by atoms with E-state index in [2.05, 4.69) is 31.4 Å². The number of nitrogens with one attached hydrogen (secondary N) is 2. The van der Waals surface area contributed by atoms with E-state index >= 15 is 0 Å². The molecule has 0 aromatic heterocycles. The van der Waals surface area contributed by atoms with Crippen molar-refractivity contribution in [3.63, 3.8) is 0 Å². The second-order valence-corrected chi connectivity index (χ2v) is 8.45. The van der Waals surface area contributed by atoms with Gasteiger partial charge in [-0.15, -0.1) is 0 Å². The van der Waals surface area contributed by atoms with E-state index in [-0.39, 0.29) is 29.6 Å². The van der Waals surface area contributed by atoms with Crippen molar-refractivity contribution in [1.82, 2.24) is 0 Å². The van der Waals surface area contributed by atoms with Crippen LogP contribution in [0.25, 0.3) is 0 Å². The van der Waals surface area contributed by atoms with Gasteiger partial charge >= 0.3 is 0 Å². The monoisotopic (exact) mass is 393 g/mol. The number of hydrogen-bond donors (Lipinski definition) is 2. The van der Waals surface area contributed by atoms with Crippen LogP contribution in [0.4, 0.5) is 17.1 Å². The zero-order valence-corrected chi connectivity index (χ0v) is 17.3. The molecule has 152 valence electrons. The average molecular weight is 393 g/mol. The fourth-order valence-electron chi connectivity index (χ4n) is 3.36. The number of nitrogens with zero attached hydrogens (tertiary/aromatic N) is 1. The molecular weight excluding hydrogens is 366 g/mol. The molecular formula is C23H27N3O3. The fraction of sp³-hybridized carbons (Fsp3) is 0.348. The maximum absolute atomic E-state index is 12.7. The maximum atomic E-state index is 12.7. The largest absolute Gasteiger partial charge is 0.326 e. The molecule has 0 aliphatic carbocycles. The van der Waals surface area contributed by atoms with Crippen molar-refractivity contribution in [2.45, 2.75) is 39.5 Å². The molecule has 1 unspecified atom stereocenters. The number of hydrogen-bond acceptors (Lipinski definition) is 3. The molecule has 0 radical (unpaired) electrons. The summed E-state index contributed by atoms with van der Waals surface area (Å²) in [5.41, 5.74) is 3.36. The number of carbonyl (C=O) groups excluding carboxylic acids is 3. The van der Waals surface area contributed by atoms with Gasteiger partial charge in [0, 0.05) is 37.0 Å². The van der Waals surface area contributed by atoms with Crippen LogP contribution in [0.3, 0.4) is 0 Å². The molecule has 2 N–H and O–H groups in total. The molecule has 2 aromatic rings. The molecule has 2 aromatic carbocycles. The molecule has 1 fully saturated rings. The Morgan fingerprint density at radius 2 is 1.48 bits per heavy atom. The molecule has 0 bridgehead atoms. The van der Waals surface area contributed by atoms with Gasteiger partial charge in [0.2, 0.25) is 17.7 Å². The highest BCUT2D eigenvalue weighted by Crippen LogP contribution is 2.28. The van der Waals surface area contributed by atoms with Crippen molar-refractivity contribution in [2.75, 3.05) is 22.1 Å².